The van der Waals surface area contributed by atoms with E-state index in [1.54, 1.807) is 0 Å². The van der Waals surface area contributed by atoms with Crippen molar-refractivity contribution >= 4 is 12.4 Å². The summed E-state index contributed by atoms with van der Waals surface area (Å²) in [6.45, 7) is 0. The Morgan fingerprint density at radius 1 is 1.50 bits per heavy atom. The number of carboxylic acids is 1. The maximum atomic E-state index is 10.7. The Labute approximate surface area is 71.0 Å². The molecule has 0 aromatic carbocycles. The molecule has 68 valence electrons. The second-order valence-corrected chi connectivity index (χ2v) is 3.14. The van der Waals surface area contributed by atoms with E-state index in [1.165, 1.54) is 0 Å². The molecule has 0 aromatic heterocycles. The topological polar surface area (TPSA) is 66.4 Å². The molecule has 1 rings (SSSR count). The van der Waals surface area contributed by atoms with Crippen molar-refractivity contribution in [2.45, 2.75) is 31.7 Å². The predicted octanol–water partition coefficient (Wildman–Crippen LogP) is 0.376. The van der Waals surface area contributed by atoms with Gasteiger partial charge in [-0.1, -0.05) is 12.8 Å². The van der Waals surface area contributed by atoms with Gasteiger partial charge in [-0.3, -0.25) is 4.79 Å². The lowest BCUT2D eigenvalue weighted by Gasteiger charge is -2.17. The Morgan fingerprint density at radius 2 is 2.08 bits per heavy atom. The number of hydrogen-bond acceptors (Lipinski definition) is 2. The van der Waals surface area contributed by atoms with E-state index in [0.29, 0.717) is 6.41 Å². The Bertz CT molecular complexity index is 175. The van der Waals surface area contributed by atoms with Crippen LogP contribution in [0, 0.1) is 5.92 Å². The lowest BCUT2D eigenvalue weighted by molar-refractivity contribution is -0.142. The molecule has 1 atom stereocenters. The zero-order valence-electron chi connectivity index (χ0n) is 6.82. The lowest BCUT2D eigenvalue weighted by atomic mass is 9.99. The third-order valence-corrected chi connectivity index (χ3v) is 2.38. The summed E-state index contributed by atoms with van der Waals surface area (Å²) in [7, 11) is 0. The third-order valence-electron chi connectivity index (χ3n) is 2.38. The molecule has 12 heavy (non-hydrogen) atoms. The van der Waals surface area contributed by atoms with E-state index in [4.69, 9.17) is 5.11 Å². The molecular formula is C8H13NO3. The van der Waals surface area contributed by atoms with Gasteiger partial charge in [0.25, 0.3) is 0 Å². The highest BCUT2D eigenvalue weighted by molar-refractivity contribution is 5.76. The van der Waals surface area contributed by atoms with Crippen molar-refractivity contribution < 1.29 is 14.7 Å². The quantitative estimate of drug-likeness (QED) is 0.601. The molecule has 2 N–H and O–H groups in total. The number of carbonyl (C=O) groups is 2. The zero-order chi connectivity index (χ0) is 8.97. The van der Waals surface area contributed by atoms with Crippen LogP contribution in [0.15, 0.2) is 0 Å². The first-order valence-corrected chi connectivity index (χ1v) is 4.18. The minimum atomic E-state index is -0.922. The van der Waals surface area contributed by atoms with Crippen LogP contribution in [0.5, 0.6) is 0 Å². The van der Waals surface area contributed by atoms with Crippen LogP contribution in [0.1, 0.15) is 25.7 Å². The molecule has 0 spiro atoms. The Kier molecular flexibility index (Phi) is 3.08. The van der Waals surface area contributed by atoms with Crippen LogP contribution in [-0.2, 0) is 9.59 Å². The minimum absolute atomic E-state index is 0.132. The molecular weight excluding hydrogens is 158 g/mol. The van der Waals surface area contributed by atoms with Crippen LogP contribution in [0.25, 0.3) is 0 Å². The molecule has 1 aliphatic rings. The Hall–Kier alpha value is -1.06. The highest BCUT2D eigenvalue weighted by atomic mass is 16.4. The summed E-state index contributed by atoms with van der Waals surface area (Å²) in [5.74, 6) is -0.790. The number of nitrogens with one attached hydrogen (secondary N) is 1. The summed E-state index contributed by atoms with van der Waals surface area (Å²) in [5.41, 5.74) is 0. The molecule has 1 fully saturated rings. The van der Waals surface area contributed by atoms with Gasteiger partial charge in [0.15, 0.2) is 0 Å². The van der Waals surface area contributed by atoms with Crippen molar-refractivity contribution in [3.05, 3.63) is 0 Å². The standard InChI is InChI=1S/C8H13NO3/c10-5-9-7(8(11)12)6-3-1-2-4-6/h5-7H,1-4H2,(H,9,10)(H,11,12). The average molecular weight is 171 g/mol. The van der Waals surface area contributed by atoms with E-state index in [1.807, 2.05) is 0 Å². The second kappa shape index (κ2) is 4.09. The van der Waals surface area contributed by atoms with Crippen LogP contribution < -0.4 is 5.32 Å². The molecule has 0 radical (unpaired) electrons. The molecule has 0 saturated heterocycles. The first-order chi connectivity index (χ1) is 5.75. The van der Waals surface area contributed by atoms with Crippen LogP contribution >= 0.6 is 0 Å². The first kappa shape index (κ1) is 9.03. The Balaban J connectivity index is 2.51. The predicted molar refractivity (Wildman–Crippen MR) is 42.6 cm³/mol. The summed E-state index contributed by atoms with van der Waals surface area (Å²) in [4.78, 5) is 20.8. The van der Waals surface area contributed by atoms with Crippen molar-refractivity contribution in [3.63, 3.8) is 0 Å². The molecule has 4 nitrogen and oxygen atoms in total. The van der Waals surface area contributed by atoms with Crippen LogP contribution in [0.3, 0.4) is 0 Å². The first-order valence-electron chi connectivity index (χ1n) is 4.18. The highest BCUT2D eigenvalue weighted by Gasteiger charge is 2.29. The third kappa shape index (κ3) is 1.96. The zero-order valence-corrected chi connectivity index (χ0v) is 6.82. The number of hydrogen-bond donors (Lipinski definition) is 2. The monoisotopic (exact) mass is 171 g/mol. The molecule has 1 unspecified atom stereocenters. The molecule has 0 aliphatic heterocycles. The molecule has 1 aliphatic carbocycles. The molecule has 0 bridgehead atoms. The highest BCUT2D eigenvalue weighted by Crippen LogP contribution is 2.27. The summed E-state index contributed by atoms with van der Waals surface area (Å²) in [5, 5.41) is 11.1. The summed E-state index contributed by atoms with van der Waals surface area (Å²) < 4.78 is 0. The van der Waals surface area contributed by atoms with E-state index in [9.17, 15) is 9.59 Å². The molecule has 0 aromatic rings. The van der Waals surface area contributed by atoms with Gasteiger partial charge in [0, 0.05) is 0 Å². The lowest BCUT2D eigenvalue weighted by Crippen LogP contribution is -2.41. The molecule has 4 heteroatoms. The Morgan fingerprint density at radius 3 is 2.50 bits per heavy atom. The number of carboxylic acid groups (broad SMARTS) is 1. The SMILES string of the molecule is O=CNC(C(=O)O)C1CCCC1. The van der Waals surface area contributed by atoms with Gasteiger partial charge in [0.2, 0.25) is 6.41 Å². The summed E-state index contributed by atoms with van der Waals surface area (Å²) in [6.07, 6.45) is 4.46. The molecule has 1 saturated carbocycles. The smallest absolute Gasteiger partial charge is 0.326 e. The average Bonchev–Trinajstić information content (AvgIpc) is 2.51. The van der Waals surface area contributed by atoms with Gasteiger partial charge < -0.3 is 10.4 Å². The fourth-order valence-corrected chi connectivity index (χ4v) is 1.77. The van der Waals surface area contributed by atoms with E-state index in [-0.39, 0.29) is 5.92 Å². The van der Waals surface area contributed by atoms with Crippen LogP contribution in [0.2, 0.25) is 0 Å². The van der Waals surface area contributed by atoms with Crippen molar-refractivity contribution in [2.24, 2.45) is 5.92 Å². The van der Waals surface area contributed by atoms with E-state index >= 15 is 0 Å². The van der Waals surface area contributed by atoms with E-state index in [2.05, 4.69) is 5.32 Å². The van der Waals surface area contributed by atoms with Gasteiger partial charge in [-0.25, -0.2) is 4.79 Å². The van der Waals surface area contributed by atoms with Gasteiger partial charge >= 0.3 is 5.97 Å². The number of rotatable bonds is 4. The largest absolute Gasteiger partial charge is 0.480 e. The van der Waals surface area contributed by atoms with Gasteiger partial charge in [-0.15, -0.1) is 0 Å². The van der Waals surface area contributed by atoms with Gasteiger partial charge in [0.1, 0.15) is 6.04 Å². The summed E-state index contributed by atoms with van der Waals surface area (Å²) in [6, 6.07) is -0.676. The van der Waals surface area contributed by atoms with Crippen molar-refractivity contribution in [1.29, 1.82) is 0 Å². The van der Waals surface area contributed by atoms with E-state index < -0.39 is 12.0 Å². The van der Waals surface area contributed by atoms with Crippen molar-refractivity contribution in [2.75, 3.05) is 0 Å². The van der Waals surface area contributed by atoms with Crippen LogP contribution in [0.4, 0.5) is 0 Å². The van der Waals surface area contributed by atoms with Crippen LogP contribution in [-0.4, -0.2) is 23.5 Å². The van der Waals surface area contributed by atoms with Gasteiger partial charge in [0.05, 0.1) is 0 Å². The number of amides is 1. The fraction of sp³-hybridized carbons (Fsp3) is 0.750. The minimum Gasteiger partial charge on any atom is -0.480 e. The van der Waals surface area contributed by atoms with Crippen molar-refractivity contribution in [1.82, 2.24) is 5.32 Å². The van der Waals surface area contributed by atoms with Crippen molar-refractivity contribution in [3.8, 4) is 0 Å². The normalized spacial score (nSPS) is 20.3. The second-order valence-electron chi connectivity index (χ2n) is 3.14. The summed E-state index contributed by atoms with van der Waals surface area (Å²) >= 11 is 0. The van der Waals surface area contributed by atoms with E-state index in [0.717, 1.165) is 25.7 Å². The fourth-order valence-electron chi connectivity index (χ4n) is 1.77. The number of aliphatic carboxylic acids is 1. The number of carbonyl (C=O) groups excluding carboxylic acids is 1. The molecule has 0 heterocycles. The maximum Gasteiger partial charge on any atom is 0.326 e. The molecule has 1 amide bonds. The maximum absolute atomic E-state index is 10.7. The van der Waals surface area contributed by atoms with Gasteiger partial charge in [-0.05, 0) is 18.8 Å². The van der Waals surface area contributed by atoms with Gasteiger partial charge in [-0.2, -0.15) is 0 Å².